The summed E-state index contributed by atoms with van der Waals surface area (Å²) in [4.78, 5) is 14.1. The highest BCUT2D eigenvalue weighted by Gasteiger charge is 2.16. The van der Waals surface area contributed by atoms with Crippen LogP contribution in [0, 0.1) is 6.92 Å². The summed E-state index contributed by atoms with van der Waals surface area (Å²) in [5.74, 6) is 0.121. The van der Waals surface area contributed by atoms with E-state index in [1.807, 2.05) is 11.8 Å². The molecule has 5 nitrogen and oxygen atoms in total. The van der Waals surface area contributed by atoms with Crippen LogP contribution in [0.15, 0.2) is 4.63 Å². The van der Waals surface area contributed by atoms with Crippen molar-refractivity contribution in [2.45, 2.75) is 52.9 Å². The summed E-state index contributed by atoms with van der Waals surface area (Å²) in [6, 6.07) is 0. The second kappa shape index (κ2) is 7.84. The second-order valence-electron chi connectivity index (χ2n) is 4.56. The zero-order valence-electron chi connectivity index (χ0n) is 11.6. The van der Waals surface area contributed by atoms with E-state index in [-0.39, 0.29) is 5.91 Å². The number of hydrogen-bond acceptors (Lipinski definition) is 4. The van der Waals surface area contributed by atoms with Crippen LogP contribution in [0.1, 0.15) is 50.9 Å². The van der Waals surface area contributed by atoms with E-state index in [4.69, 9.17) is 0 Å². The van der Waals surface area contributed by atoms with Crippen molar-refractivity contribution in [3.8, 4) is 0 Å². The van der Waals surface area contributed by atoms with Crippen molar-refractivity contribution < 1.29 is 9.42 Å². The Morgan fingerprint density at radius 1 is 1.17 bits per heavy atom. The molecule has 0 N–H and O–H groups in total. The van der Waals surface area contributed by atoms with Crippen molar-refractivity contribution in [2.75, 3.05) is 13.1 Å². The molecule has 0 aromatic carbocycles. The lowest BCUT2D eigenvalue weighted by molar-refractivity contribution is -0.130. The molecule has 0 unspecified atom stereocenters. The SMILES string of the molecule is CCCCN(CCCC)C(=O)Cc1nonc1C. The molecule has 1 aromatic heterocycles. The highest BCUT2D eigenvalue weighted by Crippen LogP contribution is 2.06. The van der Waals surface area contributed by atoms with Crippen molar-refractivity contribution in [3.63, 3.8) is 0 Å². The fourth-order valence-corrected chi connectivity index (χ4v) is 1.72. The molecule has 18 heavy (non-hydrogen) atoms. The quantitative estimate of drug-likeness (QED) is 0.713. The van der Waals surface area contributed by atoms with Gasteiger partial charge in [0.15, 0.2) is 0 Å². The van der Waals surface area contributed by atoms with Gasteiger partial charge in [-0.1, -0.05) is 37.0 Å². The Morgan fingerprint density at radius 2 is 1.78 bits per heavy atom. The van der Waals surface area contributed by atoms with Crippen LogP contribution in [-0.4, -0.2) is 34.2 Å². The molecule has 1 rings (SSSR count). The Kier molecular flexibility index (Phi) is 6.39. The molecule has 5 heteroatoms. The molecule has 0 atom stereocenters. The predicted octanol–water partition coefficient (Wildman–Crippen LogP) is 2.35. The van der Waals surface area contributed by atoms with Crippen LogP contribution in [0.25, 0.3) is 0 Å². The van der Waals surface area contributed by atoms with Crippen LogP contribution in [0.3, 0.4) is 0 Å². The van der Waals surface area contributed by atoms with Crippen LogP contribution in [-0.2, 0) is 11.2 Å². The normalized spacial score (nSPS) is 10.6. The molecule has 0 saturated carbocycles. The monoisotopic (exact) mass is 253 g/mol. The molecular weight excluding hydrogens is 230 g/mol. The minimum absolute atomic E-state index is 0.121. The molecule has 1 heterocycles. The lowest BCUT2D eigenvalue weighted by Gasteiger charge is -2.22. The average molecular weight is 253 g/mol. The largest absolute Gasteiger partial charge is 0.342 e. The lowest BCUT2D eigenvalue weighted by Crippen LogP contribution is -2.34. The van der Waals surface area contributed by atoms with Gasteiger partial charge >= 0.3 is 0 Å². The third-order valence-corrected chi connectivity index (χ3v) is 2.98. The van der Waals surface area contributed by atoms with E-state index in [0.29, 0.717) is 17.8 Å². The van der Waals surface area contributed by atoms with E-state index in [0.717, 1.165) is 38.8 Å². The molecule has 0 aliphatic carbocycles. The van der Waals surface area contributed by atoms with Gasteiger partial charge in [-0.15, -0.1) is 0 Å². The highest BCUT2D eigenvalue weighted by atomic mass is 16.6. The minimum atomic E-state index is 0.121. The van der Waals surface area contributed by atoms with Crippen LogP contribution in [0.2, 0.25) is 0 Å². The third kappa shape index (κ3) is 4.47. The van der Waals surface area contributed by atoms with Crippen LogP contribution in [0.5, 0.6) is 0 Å². The summed E-state index contributed by atoms with van der Waals surface area (Å²) in [5.41, 5.74) is 1.35. The number of carbonyl (C=O) groups excluding carboxylic acids is 1. The fraction of sp³-hybridized carbons (Fsp3) is 0.769. The Bertz CT molecular complexity index is 355. The van der Waals surface area contributed by atoms with E-state index in [2.05, 4.69) is 28.8 Å². The molecule has 0 aliphatic heterocycles. The number of rotatable bonds is 8. The van der Waals surface area contributed by atoms with Gasteiger partial charge < -0.3 is 4.90 Å². The number of carbonyl (C=O) groups is 1. The number of aromatic nitrogens is 2. The Labute approximate surface area is 109 Å². The average Bonchev–Trinajstić information content (AvgIpc) is 2.75. The van der Waals surface area contributed by atoms with Gasteiger partial charge in [-0.3, -0.25) is 4.79 Å². The van der Waals surface area contributed by atoms with E-state index in [9.17, 15) is 4.79 Å². The molecule has 0 radical (unpaired) electrons. The van der Waals surface area contributed by atoms with Crippen molar-refractivity contribution in [1.29, 1.82) is 0 Å². The van der Waals surface area contributed by atoms with Crippen molar-refractivity contribution in [2.24, 2.45) is 0 Å². The van der Waals surface area contributed by atoms with Gasteiger partial charge in [0, 0.05) is 13.1 Å². The number of hydrogen-bond donors (Lipinski definition) is 0. The molecule has 1 amide bonds. The summed E-state index contributed by atoms with van der Waals surface area (Å²) in [6.45, 7) is 7.74. The van der Waals surface area contributed by atoms with Crippen molar-refractivity contribution >= 4 is 5.91 Å². The number of unbranched alkanes of at least 4 members (excludes halogenated alkanes) is 2. The fourth-order valence-electron chi connectivity index (χ4n) is 1.72. The zero-order chi connectivity index (χ0) is 13.4. The van der Waals surface area contributed by atoms with Crippen molar-refractivity contribution in [1.82, 2.24) is 15.2 Å². The molecule has 0 fully saturated rings. The Morgan fingerprint density at radius 3 is 2.22 bits per heavy atom. The second-order valence-corrected chi connectivity index (χ2v) is 4.56. The van der Waals surface area contributed by atoms with Crippen LogP contribution < -0.4 is 0 Å². The first-order valence-corrected chi connectivity index (χ1v) is 6.74. The van der Waals surface area contributed by atoms with Crippen LogP contribution in [0.4, 0.5) is 0 Å². The summed E-state index contributed by atoms with van der Waals surface area (Å²) < 4.78 is 4.62. The van der Waals surface area contributed by atoms with Crippen LogP contribution >= 0.6 is 0 Å². The molecule has 0 bridgehead atoms. The first-order valence-electron chi connectivity index (χ1n) is 6.74. The standard InChI is InChI=1S/C13H23N3O2/c1-4-6-8-16(9-7-5-2)13(17)10-12-11(3)14-18-15-12/h4-10H2,1-3H3. The van der Waals surface area contributed by atoms with Gasteiger partial charge in [0.05, 0.1) is 6.42 Å². The molecule has 102 valence electrons. The van der Waals surface area contributed by atoms with Gasteiger partial charge in [0.25, 0.3) is 0 Å². The first-order chi connectivity index (χ1) is 8.69. The summed E-state index contributed by atoms with van der Waals surface area (Å²) >= 11 is 0. The minimum Gasteiger partial charge on any atom is -0.342 e. The Balaban J connectivity index is 2.55. The lowest BCUT2D eigenvalue weighted by atomic mass is 10.2. The van der Waals surface area contributed by atoms with Gasteiger partial charge in [-0.25, -0.2) is 4.63 Å². The molecular formula is C13H23N3O2. The van der Waals surface area contributed by atoms with E-state index in [1.54, 1.807) is 0 Å². The summed E-state index contributed by atoms with van der Waals surface area (Å²) in [5, 5.41) is 7.46. The zero-order valence-corrected chi connectivity index (χ0v) is 11.6. The van der Waals surface area contributed by atoms with Gasteiger partial charge in [0.1, 0.15) is 11.4 Å². The van der Waals surface area contributed by atoms with E-state index >= 15 is 0 Å². The maximum atomic E-state index is 12.2. The summed E-state index contributed by atoms with van der Waals surface area (Å²) in [6.07, 6.45) is 4.58. The molecule has 0 aliphatic rings. The van der Waals surface area contributed by atoms with Gasteiger partial charge in [-0.05, 0) is 19.8 Å². The molecule has 1 aromatic rings. The number of nitrogens with zero attached hydrogens (tertiary/aromatic N) is 3. The van der Waals surface area contributed by atoms with E-state index < -0.39 is 0 Å². The van der Waals surface area contributed by atoms with E-state index in [1.165, 1.54) is 0 Å². The highest BCUT2D eigenvalue weighted by molar-refractivity contribution is 5.78. The smallest absolute Gasteiger partial charge is 0.228 e. The summed E-state index contributed by atoms with van der Waals surface area (Å²) in [7, 11) is 0. The topological polar surface area (TPSA) is 59.2 Å². The first kappa shape index (κ1) is 14.7. The maximum absolute atomic E-state index is 12.2. The molecule has 0 spiro atoms. The Hall–Kier alpha value is -1.39. The maximum Gasteiger partial charge on any atom is 0.228 e. The third-order valence-electron chi connectivity index (χ3n) is 2.98. The number of aryl methyl sites for hydroxylation is 1. The van der Waals surface area contributed by atoms with Gasteiger partial charge in [0.2, 0.25) is 5.91 Å². The predicted molar refractivity (Wildman–Crippen MR) is 69.1 cm³/mol. The number of amides is 1. The van der Waals surface area contributed by atoms with Crippen molar-refractivity contribution in [3.05, 3.63) is 11.4 Å². The van der Waals surface area contributed by atoms with Gasteiger partial charge in [-0.2, -0.15) is 0 Å². The molecule has 0 saturated heterocycles.